The van der Waals surface area contributed by atoms with Crippen molar-refractivity contribution in [3.63, 3.8) is 0 Å². The molecular formula is C20H29NO2S. The van der Waals surface area contributed by atoms with E-state index in [1.165, 1.54) is 50.9 Å². The van der Waals surface area contributed by atoms with Crippen LogP contribution in [-0.2, 0) is 6.42 Å². The molecule has 1 unspecified atom stereocenters. The second kappa shape index (κ2) is 7.49. The SMILES string of the molecule is CCCCN1CCC(C2(C)CCc3cccc(C(=O)O)c3S2)CC1. The van der Waals surface area contributed by atoms with Crippen LogP contribution < -0.4 is 0 Å². The van der Waals surface area contributed by atoms with Gasteiger partial charge in [-0.2, -0.15) is 0 Å². The summed E-state index contributed by atoms with van der Waals surface area (Å²) in [5.74, 6) is -0.103. The van der Waals surface area contributed by atoms with Crippen LogP contribution in [0.4, 0.5) is 0 Å². The van der Waals surface area contributed by atoms with Gasteiger partial charge in [0.25, 0.3) is 0 Å². The van der Waals surface area contributed by atoms with Crippen LogP contribution in [0.2, 0.25) is 0 Å². The summed E-state index contributed by atoms with van der Waals surface area (Å²) in [5, 5.41) is 9.52. The molecule has 0 bridgehead atoms. The molecule has 0 spiro atoms. The van der Waals surface area contributed by atoms with Gasteiger partial charge in [-0.05, 0) is 76.2 Å². The van der Waals surface area contributed by atoms with Gasteiger partial charge in [0.15, 0.2) is 0 Å². The summed E-state index contributed by atoms with van der Waals surface area (Å²) in [6, 6.07) is 5.74. The fourth-order valence-electron chi connectivity index (χ4n) is 4.17. The van der Waals surface area contributed by atoms with E-state index in [9.17, 15) is 9.90 Å². The summed E-state index contributed by atoms with van der Waals surface area (Å²) >= 11 is 1.84. The van der Waals surface area contributed by atoms with E-state index < -0.39 is 5.97 Å². The number of piperidine rings is 1. The summed E-state index contributed by atoms with van der Waals surface area (Å²) in [7, 11) is 0. The van der Waals surface area contributed by atoms with Crippen LogP contribution in [0.5, 0.6) is 0 Å². The second-order valence-corrected chi connectivity index (χ2v) is 9.03. The number of benzene rings is 1. The van der Waals surface area contributed by atoms with Gasteiger partial charge in [-0.3, -0.25) is 0 Å². The van der Waals surface area contributed by atoms with Gasteiger partial charge in [0.05, 0.1) is 5.56 Å². The zero-order chi connectivity index (χ0) is 17.2. The number of nitrogens with zero attached hydrogens (tertiary/aromatic N) is 1. The number of unbranched alkanes of at least 4 members (excludes halogenated alkanes) is 1. The average Bonchev–Trinajstić information content (AvgIpc) is 2.59. The minimum atomic E-state index is -0.794. The topological polar surface area (TPSA) is 40.5 Å². The number of aromatic carboxylic acids is 1. The van der Waals surface area contributed by atoms with Crippen molar-refractivity contribution in [2.24, 2.45) is 5.92 Å². The van der Waals surface area contributed by atoms with Crippen molar-refractivity contribution < 1.29 is 9.90 Å². The molecule has 24 heavy (non-hydrogen) atoms. The highest BCUT2D eigenvalue weighted by Crippen LogP contribution is 2.51. The minimum absolute atomic E-state index is 0.176. The maximum Gasteiger partial charge on any atom is 0.336 e. The molecule has 0 radical (unpaired) electrons. The third kappa shape index (κ3) is 3.65. The molecule has 1 aromatic rings. The number of carbonyl (C=O) groups is 1. The molecular weight excluding hydrogens is 318 g/mol. The van der Waals surface area contributed by atoms with Gasteiger partial charge in [-0.1, -0.05) is 25.5 Å². The van der Waals surface area contributed by atoms with Crippen LogP contribution in [0.25, 0.3) is 0 Å². The Morgan fingerprint density at radius 1 is 1.38 bits per heavy atom. The first kappa shape index (κ1) is 17.8. The minimum Gasteiger partial charge on any atom is -0.478 e. The Bertz CT molecular complexity index is 595. The predicted molar refractivity (Wildman–Crippen MR) is 100 cm³/mol. The first-order valence-corrected chi connectivity index (χ1v) is 10.1. The van der Waals surface area contributed by atoms with Crippen molar-refractivity contribution in [1.82, 2.24) is 4.90 Å². The highest BCUT2D eigenvalue weighted by molar-refractivity contribution is 8.00. The number of carboxylic acids is 1. The lowest BCUT2D eigenvalue weighted by Gasteiger charge is -2.45. The molecule has 2 aliphatic rings. The van der Waals surface area contributed by atoms with Crippen LogP contribution in [-0.4, -0.2) is 40.4 Å². The molecule has 0 amide bonds. The van der Waals surface area contributed by atoms with Crippen LogP contribution in [0, 0.1) is 5.92 Å². The van der Waals surface area contributed by atoms with E-state index in [-0.39, 0.29) is 4.75 Å². The number of aryl methyl sites for hydroxylation is 1. The van der Waals surface area contributed by atoms with E-state index in [4.69, 9.17) is 0 Å². The van der Waals surface area contributed by atoms with Crippen molar-refractivity contribution in [2.75, 3.05) is 19.6 Å². The van der Waals surface area contributed by atoms with Crippen molar-refractivity contribution in [2.45, 2.75) is 62.0 Å². The van der Waals surface area contributed by atoms with Gasteiger partial charge in [0, 0.05) is 9.64 Å². The monoisotopic (exact) mass is 347 g/mol. The maximum atomic E-state index is 11.6. The van der Waals surface area contributed by atoms with E-state index in [2.05, 4.69) is 24.8 Å². The summed E-state index contributed by atoms with van der Waals surface area (Å²) in [4.78, 5) is 15.2. The van der Waals surface area contributed by atoms with Gasteiger partial charge < -0.3 is 10.0 Å². The molecule has 1 fully saturated rings. The Morgan fingerprint density at radius 3 is 2.79 bits per heavy atom. The molecule has 3 nitrogen and oxygen atoms in total. The molecule has 2 heterocycles. The van der Waals surface area contributed by atoms with E-state index in [0.717, 1.165) is 17.7 Å². The normalized spacial score (nSPS) is 25.4. The highest BCUT2D eigenvalue weighted by atomic mass is 32.2. The fourth-order valence-corrected chi connectivity index (χ4v) is 5.81. The quantitative estimate of drug-likeness (QED) is 0.838. The zero-order valence-corrected chi connectivity index (χ0v) is 15.7. The third-order valence-electron chi connectivity index (χ3n) is 5.83. The summed E-state index contributed by atoms with van der Waals surface area (Å²) in [5.41, 5.74) is 1.71. The van der Waals surface area contributed by atoms with Crippen LogP contribution in [0.3, 0.4) is 0 Å². The number of likely N-dealkylation sites (tertiary alicyclic amines) is 1. The lowest BCUT2D eigenvalue weighted by Crippen LogP contribution is -2.43. The Balaban J connectivity index is 1.71. The molecule has 1 aromatic carbocycles. The summed E-state index contributed by atoms with van der Waals surface area (Å²) < 4.78 is 0.176. The molecule has 1 atom stereocenters. The molecule has 2 aliphatic heterocycles. The van der Waals surface area contributed by atoms with Gasteiger partial charge in [-0.15, -0.1) is 11.8 Å². The van der Waals surface area contributed by atoms with Crippen molar-refractivity contribution in [1.29, 1.82) is 0 Å². The zero-order valence-electron chi connectivity index (χ0n) is 14.9. The van der Waals surface area contributed by atoms with Crippen molar-refractivity contribution in [3.8, 4) is 0 Å². The van der Waals surface area contributed by atoms with E-state index in [1.807, 2.05) is 17.8 Å². The predicted octanol–water partition coefficient (Wildman–Crippen LogP) is 4.69. The molecule has 1 saturated heterocycles. The lowest BCUT2D eigenvalue weighted by atomic mass is 9.80. The molecule has 0 aliphatic carbocycles. The van der Waals surface area contributed by atoms with Crippen molar-refractivity contribution in [3.05, 3.63) is 29.3 Å². The van der Waals surface area contributed by atoms with E-state index >= 15 is 0 Å². The smallest absolute Gasteiger partial charge is 0.336 e. The standard InChI is InChI=1S/C20H29NO2S/c1-3-4-12-21-13-9-16(10-14-21)20(2)11-8-15-6-5-7-17(19(22)23)18(15)24-20/h5-7,16H,3-4,8-14H2,1-2H3,(H,22,23). The van der Waals surface area contributed by atoms with Gasteiger partial charge >= 0.3 is 5.97 Å². The van der Waals surface area contributed by atoms with Crippen LogP contribution >= 0.6 is 11.8 Å². The summed E-state index contributed by atoms with van der Waals surface area (Å²) in [6.07, 6.45) is 7.23. The second-order valence-electron chi connectivity index (χ2n) is 7.48. The highest BCUT2D eigenvalue weighted by Gasteiger charge is 2.40. The van der Waals surface area contributed by atoms with Gasteiger partial charge in [0.2, 0.25) is 0 Å². The Hall–Kier alpha value is -1.00. The average molecular weight is 348 g/mol. The van der Waals surface area contributed by atoms with E-state index in [0.29, 0.717) is 11.5 Å². The fraction of sp³-hybridized carbons (Fsp3) is 0.650. The van der Waals surface area contributed by atoms with Gasteiger partial charge in [-0.25, -0.2) is 4.79 Å². The molecule has 0 aromatic heterocycles. The third-order valence-corrected chi connectivity index (χ3v) is 7.52. The number of rotatable bonds is 5. The number of carboxylic acid groups (broad SMARTS) is 1. The Labute approximate surface area is 149 Å². The maximum absolute atomic E-state index is 11.6. The Kier molecular flexibility index (Phi) is 5.56. The first-order valence-electron chi connectivity index (χ1n) is 9.30. The number of hydrogen-bond acceptors (Lipinski definition) is 3. The number of fused-ring (bicyclic) bond motifs is 1. The number of hydrogen-bond donors (Lipinski definition) is 1. The van der Waals surface area contributed by atoms with Crippen molar-refractivity contribution >= 4 is 17.7 Å². The number of thioether (sulfide) groups is 1. The van der Waals surface area contributed by atoms with Gasteiger partial charge in [0.1, 0.15) is 0 Å². The largest absolute Gasteiger partial charge is 0.478 e. The molecule has 132 valence electrons. The molecule has 3 rings (SSSR count). The summed E-state index contributed by atoms with van der Waals surface area (Å²) in [6.45, 7) is 8.26. The molecule has 1 N–H and O–H groups in total. The van der Waals surface area contributed by atoms with Crippen LogP contribution in [0.15, 0.2) is 23.1 Å². The van der Waals surface area contributed by atoms with E-state index in [1.54, 1.807) is 6.07 Å². The lowest BCUT2D eigenvalue weighted by molar-refractivity contribution is 0.0692. The van der Waals surface area contributed by atoms with Crippen LogP contribution in [0.1, 0.15) is 61.9 Å². The Morgan fingerprint density at radius 2 is 2.12 bits per heavy atom. The first-order chi connectivity index (χ1) is 11.5. The molecule has 4 heteroatoms. The molecule has 0 saturated carbocycles.